The highest BCUT2D eigenvalue weighted by atomic mass is 32.1. The molecule has 0 bridgehead atoms. The number of amides is 1. The van der Waals surface area contributed by atoms with Gasteiger partial charge >= 0.3 is 0 Å². The van der Waals surface area contributed by atoms with E-state index in [1.54, 1.807) is 35.9 Å². The monoisotopic (exact) mass is 332 g/mol. The summed E-state index contributed by atoms with van der Waals surface area (Å²) in [6.45, 7) is 4.10. The van der Waals surface area contributed by atoms with E-state index in [1.165, 1.54) is 0 Å². The highest BCUT2D eigenvalue weighted by Crippen LogP contribution is 2.16. The number of β-amino-alcohol motifs (C(OH)–C–C–N with tert-alkyl or cyclic N) is 1. The molecule has 0 aromatic carbocycles. The first kappa shape index (κ1) is 16.0. The van der Waals surface area contributed by atoms with E-state index in [1.807, 2.05) is 6.92 Å². The minimum atomic E-state index is -0.575. The Morgan fingerprint density at radius 1 is 1.48 bits per heavy atom. The average Bonchev–Trinajstić information content (AvgIpc) is 2.96. The summed E-state index contributed by atoms with van der Waals surface area (Å²) in [5.41, 5.74) is 1.60. The number of likely N-dealkylation sites (tertiary alicyclic amines) is 1. The van der Waals surface area contributed by atoms with E-state index in [0.29, 0.717) is 12.1 Å². The highest BCUT2D eigenvalue weighted by molar-refractivity contribution is 7.09. The first-order valence-electron chi connectivity index (χ1n) is 7.64. The molecule has 0 unspecified atom stereocenters. The van der Waals surface area contributed by atoms with Crippen LogP contribution >= 0.6 is 11.3 Å². The summed E-state index contributed by atoms with van der Waals surface area (Å²) in [4.78, 5) is 22.7. The molecule has 1 aliphatic rings. The van der Waals surface area contributed by atoms with E-state index in [9.17, 15) is 9.90 Å². The number of aryl methyl sites for hydroxylation is 1. The molecule has 3 rings (SSSR count). The number of aromatic nitrogens is 2. The van der Waals surface area contributed by atoms with Crippen molar-refractivity contribution < 1.29 is 9.90 Å². The Balaban J connectivity index is 1.53. The van der Waals surface area contributed by atoms with Crippen LogP contribution in [0.1, 0.15) is 27.5 Å². The minimum Gasteiger partial charge on any atom is -0.390 e. The number of pyridine rings is 1. The number of rotatable bonds is 4. The number of piperidine rings is 1. The number of carbonyl (C=O) groups excluding carboxylic acids is 1. The predicted molar refractivity (Wildman–Crippen MR) is 88.2 cm³/mol. The topological polar surface area (TPSA) is 78.4 Å². The summed E-state index contributed by atoms with van der Waals surface area (Å²) in [6.07, 6.45) is 3.32. The number of nitrogens with zero attached hydrogens (tertiary/aromatic N) is 3. The number of carbonyl (C=O) groups is 1. The Bertz CT molecular complexity index is 661. The normalized spacial score (nSPS) is 22.0. The van der Waals surface area contributed by atoms with Crippen molar-refractivity contribution in [1.29, 1.82) is 0 Å². The van der Waals surface area contributed by atoms with Gasteiger partial charge in [-0.05, 0) is 25.5 Å². The second kappa shape index (κ2) is 7.16. The minimum absolute atomic E-state index is 0.167. The van der Waals surface area contributed by atoms with Crippen LogP contribution in [0.15, 0.2) is 29.9 Å². The third-order valence-electron chi connectivity index (χ3n) is 3.98. The molecule has 0 radical (unpaired) electrons. The Hall–Kier alpha value is -1.83. The summed E-state index contributed by atoms with van der Waals surface area (Å²) in [5.74, 6) is -0.167. The van der Waals surface area contributed by atoms with Crippen LogP contribution in [0.4, 0.5) is 0 Å². The Labute approximate surface area is 139 Å². The van der Waals surface area contributed by atoms with Gasteiger partial charge in [-0.3, -0.25) is 14.7 Å². The molecule has 1 amide bonds. The molecule has 0 aliphatic carbocycles. The molecule has 1 fully saturated rings. The average molecular weight is 332 g/mol. The fraction of sp³-hybridized carbons (Fsp3) is 0.438. The molecule has 0 spiro atoms. The molecule has 2 aromatic heterocycles. The fourth-order valence-corrected chi connectivity index (χ4v) is 3.38. The zero-order chi connectivity index (χ0) is 16.2. The van der Waals surface area contributed by atoms with Gasteiger partial charge in [0.2, 0.25) is 0 Å². The van der Waals surface area contributed by atoms with Crippen LogP contribution in [0.25, 0.3) is 0 Å². The van der Waals surface area contributed by atoms with Gasteiger partial charge in [0.1, 0.15) is 0 Å². The van der Waals surface area contributed by atoms with Crippen molar-refractivity contribution in [3.05, 3.63) is 46.2 Å². The van der Waals surface area contributed by atoms with Crippen molar-refractivity contribution >= 4 is 17.2 Å². The second-order valence-corrected chi connectivity index (χ2v) is 6.83. The van der Waals surface area contributed by atoms with E-state index in [-0.39, 0.29) is 11.9 Å². The smallest absolute Gasteiger partial charge is 0.251 e. The number of hydrogen-bond donors (Lipinski definition) is 2. The Morgan fingerprint density at radius 2 is 2.26 bits per heavy atom. The van der Waals surface area contributed by atoms with E-state index < -0.39 is 6.10 Å². The van der Waals surface area contributed by atoms with Crippen LogP contribution in [0.2, 0.25) is 0 Å². The molecule has 7 heteroatoms. The molecule has 23 heavy (non-hydrogen) atoms. The number of thiazole rings is 1. The van der Waals surface area contributed by atoms with Crippen LogP contribution in [-0.4, -0.2) is 51.1 Å². The van der Waals surface area contributed by atoms with Crippen LogP contribution in [0, 0.1) is 6.92 Å². The van der Waals surface area contributed by atoms with Gasteiger partial charge in [0.15, 0.2) is 0 Å². The van der Waals surface area contributed by atoms with Crippen LogP contribution in [0.5, 0.6) is 0 Å². The molecule has 2 aromatic rings. The summed E-state index contributed by atoms with van der Waals surface area (Å²) in [7, 11) is 0. The molecular formula is C16H20N4O2S. The van der Waals surface area contributed by atoms with Crippen molar-refractivity contribution in [2.75, 3.05) is 13.1 Å². The van der Waals surface area contributed by atoms with Gasteiger partial charge < -0.3 is 10.4 Å². The molecule has 3 heterocycles. The van der Waals surface area contributed by atoms with Gasteiger partial charge in [0.05, 0.1) is 22.8 Å². The van der Waals surface area contributed by atoms with Crippen molar-refractivity contribution in [2.24, 2.45) is 0 Å². The Kier molecular flexibility index (Phi) is 5.00. The second-order valence-electron chi connectivity index (χ2n) is 5.76. The summed E-state index contributed by atoms with van der Waals surface area (Å²) in [5, 5.41) is 16.4. The van der Waals surface area contributed by atoms with Crippen LogP contribution in [-0.2, 0) is 6.54 Å². The molecule has 1 saturated heterocycles. The maximum absolute atomic E-state index is 12.2. The number of nitrogens with one attached hydrogen (secondary N) is 1. The lowest BCUT2D eigenvalue weighted by Gasteiger charge is -2.35. The van der Waals surface area contributed by atoms with Gasteiger partial charge in [0, 0.05) is 43.0 Å². The Morgan fingerprint density at radius 3 is 2.91 bits per heavy atom. The molecule has 1 aliphatic heterocycles. The fourth-order valence-electron chi connectivity index (χ4n) is 2.77. The summed E-state index contributed by atoms with van der Waals surface area (Å²) < 4.78 is 0. The standard InChI is InChI=1S/C16H20N4O2S/c1-11-18-13(10-23-11)8-20-7-4-14(15(21)9-20)19-16(22)12-2-5-17-6-3-12/h2-3,5-6,10,14-15,21H,4,7-9H2,1H3,(H,19,22)/t14-,15-/m1/s1. The predicted octanol–water partition coefficient (Wildman–Crippen LogP) is 1.21. The van der Waals surface area contributed by atoms with E-state index >= 15 is 0 Å². The maximum atomic E-state index is 12.2. The number of aliphatic hydroxyl groups excluding tert-OH is 1. The lowest BCUT2D eigenvalue weighted by molar-refractivity contribution is 0.0346. The third kappa shape index (κ3) is 4.13. The van der Waals surface area contributed by atoms with Gasteiger partial charge in [-0.25, -0.2) is 4.98 Å². The van der Waals surface area contributed by atoms with Gasteiger partial charge in [-0.15, -0.1) is 11.3 Å². The largest absolute Gasteiger partial charge is 0.390 e. The van der Waals surface area contributed by atoms with Gasteiger partial charge in [-0.1, -0.05) is 0 Å². The zero-order valence-corrected chi connectivity index (χ0v) is 13.8. The molecule has 2 atom stereocenters. The van der Waals surface area contributed by atoms with E-state index in [4.69, 9.17) is 0 Å². The SMILES string of the molecule is Cc1nc(CN2CC[C@@H](NC(=O)c3ccncc3)[C@H](O)C2)cs1. The van der Waals surface area contributed by atoms with Crippen molar-refractivity contribution in [3.8, 4) is 0 Å². The van der Waals surface area contributed by atoms with E-state index in [2.05, 4.69) is 25.6 Å². The molecule has 122 valence electrons. The zero-order valence-electron chi connectivity index (χ0n) is 13.0. The van der Waals surface area contributed by atoms with Crippen molar-refractivity contribution in [1.82, 2.24) is 20.2 Å². The van der Waals surface area contributed by atoms with E-state index in [0.717, 1.165) is 30.2 Å². The first-order chi connectivity index (χ1) is 11.1. The quantitative estimate of drug-likeness (QED) is 0.880. The molecule has 6 nitrogen and oxygen atoms in total. The first-order valence-corrected chi connectivity index (χ1v) is 8.52. The van der Waals surface area contributed by atoms with Crippen molar-refractivity contribution in [3.63, 3.8) is 0 Å². The highest BCUT2D eigenvalue weighted by Gasteiger charge is 2.29. The number of aliphatic hydroxyl groups is 1. The van der Waals surface area contributed by atoms with Gasteiger partial charge in [0.25, 0.3) is 5.91 Å². The lowest BCUT2D eigenvalue weighted by atomic mass is 10.0. The number of hydrogen-bond acceptors (Lipinski definition) is 6. The van der Waals surface area contributed by atoms with Gasteiger partial charge in [-0.2, -0.15) is 0 Å². The van der Waals surface area contributed by atoms with Crippen LogP contribution in [0.3, 0.4) is 0 Å². The summed E-state index contributed by atoms with van der Waals surface area (Å²) in [6, 6.07) is 3.12. The molecule has 0 saturated carbocycles. The van der Waals surface area contributed by atoms with Crippen LogP contribution < -0.4 is 5.32 Å². The summed E-state index contributed by atoms with van der Waals surface area (Å²) >= 11 is 1.64. The molecule has 2 N–H and O–H groups in total. The lowest BCUT2D eigenvalue weighted by Crippen LogP contribution is -2.53. The maximum Gasteiger partial charge on any atom is 0.251 e. The van der Waals surface area contributed by atoms with Crippen molar-refractivity contribution in [2.45, 2.75) is 32.0 Å². The molecular weight excluding hydrogens is 312 g/mol. The third-order valence-corrected chi connectivity index (χ3v) is 4.80.